The van der Waals surface area contributed by atoms with Gasteiger partial charge in [-0.3, -0.25) is 4.79 Å². The Morgan fingerprint density at radius 3 is 2.36 bits per heavy atom. The fraction of sp³-hybridized carbons (Fsp3) is 0.222. The molecule has 0 fully saturated rings. The van der Waals surface area contributed by atoms with E-state index in [1.807, 2.05) is 6.92 Å². The number of carbonyl (C=O) groups excluding carboxylic acids is 2. The van der Waals surface area contributed by atoms with Crippen molar-refractivity contribution in [1.82, 2.24) is 0 Å². The van der Waals surface area contributed by atoms with E-state index >= 15 is 0 Å². The Balaban J connectivity index is 2.10. The van der Waals surface area contributed by atoms with Crippen LogP contribution in [-0.4, -0.2) is 25.6 Å². The molecule has 0 aliphatic rings. The lowest BCUT2D eigenvalue weighted by atomic mass is 10.1. The second kappa shape index (κ2) is 8.23. The zero-order chi connectivity index (χ0) is 18.4. The van der Waals surface area contributed by atoms with Crippen LogP contribution in [0.25, 0.3) is 0 Å². The number of esters is 1. The number of hydrogen-bond acceptors (Lipinski definition) is 4. The van der Waals surface area contributed by atoms with Crippen molar-refractivity contribution in [1.29, 1.82) is 0 Å². The number of amides is 1. The van der Waals surface area contributed by atoms with E-state index in [9.17, 15) is 18.4 Å². The maximum atomic E-state index is 13.8. The second-order valence-electron chi connectivity index (χ2n) is 5.11. The summed E-state index contributed by atoms with van der Waals surface area (Å²) in [7, 11) is 1.08. The van der Waals surface area contributed by atoms with Gasteiger partial charge in [-0.05, 0) is 30.7 Å². The minimum Gasteiger partial charge on any atom is -0.494 e. The predicted octanol–water partition coefficient (Wildman–Crippen LogP) is 3.33. The van der Waals surface area contributed by atoms with Crippen molar-refractivity contribution in [3.8, 4) is 5.75 Å². The van der Waals surface area contributed by atoms with Crippen molar-refractivity contribution >= 4 is 17.6 Å². The van der Waals surface area contributed by atoms with E-state index in [0.717, 1.165) is 13.2 Å². The predicted molar refractivity (Wildman–Crippen MR) is 87.6 cm³/mol. The highest BCUT2D eigenvalue weighted by Crippen LogP contribution is 2.21. The van der Waals surface area contributed by atoms with E-state index < -0.39 is 29.1 Å². The average molecular weight is 349 g/mol. The summed E-state index contributed by atoms with van der Waals surface area (Å²) in [4.78, 5) is 23.5. The smallest absolute Gasteiger partial charge is 0.340 e. The van der Waals surface area contributed by atoms with Crippen LogP contribution in [0.15, 0.2) is 36.4 Å². The maximum absolute atomic E-state index is 13.8. The maximum Gasteiger partial charge on any atom is 0.340 e. The fourth-order valence-corrected chi connectivity index (χ4v) is 2.16. The van der Waals surface area contributed by atoms with E-state index in [1.165, 1.54) is 0 Å². The molecule has 0 saturated heterocycles. The van der Waals surface area contributed by atoms with E-state index in [-0.39, 0.29) is 12.1 Å². The van der Waals surface area contributed by atoms with Gasteiger partial charge in [-0.25, -0.2) is 13.6 Å². The average Bonchev–Trinajstić information content (AvgIpc) is 2.58. The first kappa shape index (κ1) is 18.4. The van der Waals surface area contributed by atoms with Gasteiger partial charge >= 0.3 is 5.97 Å². The van der Waals surface area contributed by atoms with E-state index in [4.69, 9.17) is 4.74 Å². The van der Waals surface area contributed by atoms with Crippen molar-refractivity contribution in [2.45, 2.75) is 13.3 Å². The lowest BCUT2D eigenvalue weighted by Crippen LogP contribution is -2.16. The van der Waals surface area contributed by atoms with Gasteiger partial charge in [0.25, 0.3) is 0 Å². The molecule has 1 amide bonds. The summed E-state index contributed by atoms with van der Waals surface area (Å²) >= 11 is 0. The summed E-state index contributed by atoms with van der Waals surface area (Å²) in [5.74, 6) is -2.83. The number of benzene rings is 2. The molecule has 25 heavy (non-hydrogen) atoms. The summed E-state index contributed by atoms with van der Waals surface area (Å²) in [6, 6.07) is 8.31. The Bertz CT molecular complexity index is 775. The van der Waals surface area contributed by atoms with Crippen LogP contribution in [-0.2, 0) is 16.0 Å². The first-order valence-electron chi connectivity index (χ1n) is 7.53. The third-order valence-electron chi connectivity index (χ3n) is 3.34. The molecule has 0 saturated carbocycles. The molecule has 132 valence electrons. The van der Waals surface area contributed by atoms with Gasteiger partial charge in [0.2, 0.25) is 5.91 Å². The quantitative estimate of drug-likeness (QED) is 0.813. The van der Waals surface area contributed by atoms with Crippen molar-refractivity contribution in [3.05, 3.63) is 59.2 Å². The molecular weight excluding hydrogens is 332 g/mol. The highest BCUT2D eigenvalue weighted by atomic mass is 19.1. The molecule has 0 spiro atoms. The molecule has 0 unspecified atom stereocenters. The number of anilines is 1. The van der Waals surface area contributed by atoms with Crippen LogP contribution >= 0.6 is 0 Å². The van der Waals surface area contributed by atoms with Crippen molar-refractivity contribution in [2.24, 2.45) is 0 Å². The molecule has 0 heterocycles. The standard InChI is InChI=1S/C18H17F2NO4/c1-3-25-12-6-4-11(5-7-12)8-17(22)21-16-9-13(18(23)24-2)14(19)10-15(16)20/h4-7,9-10H,3,8H2,1-2H3,(H,21,22). The molecule has 2 rings (SSSR count). The van der Waals surface area contributed by atoms with Gasteiger partial charge in [-0.1, -0.05) is 12.1 Å². The Labute approximate surface area is 143 Å². The molecule has 2 aromatic rings. The Hall–Kier alpha value is -2.96. The molecule has 0 aliphatic carbocycles. The van der Waals surface area contributed by atoms with E-state index in [0.29, 0.717) is 24.0 Å². The second-order valence-corrected chi connectivity index (χ2v) is 5.11. The molecule has 1 N–H and O–H groups in total. The van der Waals surface area contributed by atoms with Crippen molar-refractivity contribution in [2.75, 3.05) is 19.0 Å². The normalized spacial score (nSPS) is 10.2. The van der Waals surface area contributed by atoms with Crippen molar-refractivity contribution in [3.63, 3.8) is 0 Å². The molecule has 2 aromatic carbocycles. The van der Waals surface area contributed by atoms with E-state index in [1.54, 1.807) is 24.3 Å². The molecule has 0 aliphatic heterocycles. The number of ether oxygens (including phenoxy) is 2. The topological polar surface area (TPSA) is 64.6 Å². The molecule has 0 atom stereocenters. The summed E-state index contributed by atoms with van der Waals surface area (Å²) < 4.78 is 37.1. The SMILES string of the molecule is CCOc1ccc(CC(=O)Nc2cc(C(=O)OC)c(F)cc2F)cc1. The highest BCUT2D eigenvalue weighted by Gasteiger charge is 2.18. The number of rotatable bonds is 6. The van der Waals surface area contributed by atoms with Crippen LogP contribution in [0.5, 0.6) is 5.75 Å². The van der Waals surface area contributed by atoms with Gasteiger partial charge in [0, 0.05) is 6.07 Å². The van der Waals surface area contributed by atoms with E-state index in [2.05, 4.69) is 10.1 Å². The molecule has 0 aromatic heterocycles. The molecule has 5 nitrogen and oxygen atoms in total. The summed E-state index contributed by atoms with van der Waals surface area (Å²) in [6.07, 6.45) is -0.0171. The Morgan fingerprint density at radius 2 is 1.76 bits per heavy atom. The fourth-order valence-electron chi connectivity index (χ4n) is 2.16. The third kappa shape index (κ3) is 4.76. The third-order valence-corrected chi connectivity index (χ3v) is 3.34. The first-order chi connectivity index (χ1) is 11.9. The highest BCUT2D eigenvalue weighted by molar-refractivity contribution is 5.95. The zero-order valence-electron chi connectivity index (χ0n) is 13.8. The van der Waals surface area contributed by atoms with Crippen LogP contribution in [0.3, 0.4) is 0 Å². The Kier molecular flexibility index (Phi) is 6.05. The number of hydrogen-bond donors (Lipinski definition) is 1. The van der Waals surface area contributed by atoms with Gasteiger partial charge in [0.05, 0.1) is 31.4 Å². The summed E-state index contributed by atoms with van der Waals surface area (Å²) in [6.45, 7) is 2.40. The van der Waals surface area contributed by atoms with Crippen molar-refractivity contribution < 1.29 is 27.8 Å². The van der Waals surface area contributed by atoms with Gasteiger partial charge < -0.3 is 14.8 Å². The van der Waals surface area contributed by atoms with Crippen LogP contribution in [0.2, 0.25) is 0 Å². The number of halogens is 2. The van der Waals surface area contributed by atoms with Gasteiger partial charge in [-0.2, -0.15) is 0 Å². The lowest BCUT2D eigenvalue weighted by Gasteiger charge is -2.09. The molecule has 0 radical (unpaired) electrons. The minimum absolute atomic E-state index is 0.0171. The lowest BCUT2D eigenvalue weighted by molar-refractivity contribution is -0.115. The minimum atomic E-state index is -1.06. The molecule has 7 heteroatoms. The summed E-state index contributed by atoms with van der Waals surface area (Å²) in [5, 5.41) is 2.33. The van der Waals surface area contributed by atoms with Crippen LogP contribution in [0.4, 0.5) is 14.5 Å². The van der Waals surface area contributed by atoms with Crippen LogP contribution in [0, 0.1) is 11.6 Å². The van der Waals surface area contributed by atoms with Gasteiger partial charge in [-0.15, -0.1) is 0 Å². The van der Waals surface area contributed by atoms with Gasteiger partial charge in [0.1, 0.15) is 17.4 Å². The largest absolute Gasteiger partial charge is 0.494 e. The number of methoxy groups -OCH3 is 1. The van der Waals surface area contributed by atoms with Crippen LogP contribution in [0.1, 0.15) is 22.8 Å². The number of nitrogens with one attached hydrogen (secondary N) is 1. The van der Waals surface area contributed by atoms with Gasteiger partial charge in [0.15, 0.2) is 0 Å². The number of carbonyl (C=O) groups is 2. The van der Waals surface area contributed by atoms with Crippen LogP contribution < -0.4 is 10.1 Å². The molecular formula is C18H17F2NO4. The summed E-state index contributed by atoms with van der Waals surface area (Å²) in [5.41, 5.74) is -0.0605. The zero-order valence-corrected chi connectivity index (χ0v) is 13.8. The monoisotopic (exact) mass is 349 g/mol. The Morgan fingerprint density at radius 1 is 1.08 bits per heavy atom. The first-order valence-corrected chi connectivity index (χ1v) is 7.53. The molecule has 0 bridgehead atoms.